The first-order chi connectivity index (χ1) is 46.5. The number of para-hydroxylation sites is 2. The zero-order valence-electron chi connectivity index (χ0n) is 52.5. The van der Waals surface area contributed by atoms with E-state index in [0.717, 1.165) is 122 Å². The van der Waals surface area contributed by atoms with Gasteiger partial charge in [-0.1, -0.05) is 270 Å². The quantitative estimate of drug-likeness (QED) is 0.172. The molecule has 95 heavy (non-hydrogen) atoms. The number of hydrogen-bond donors (Lipinski definition) is 1. The van der Waals surface area contributed by atoms with Gasteiger partial charge < -0.3 is 13.8 Å². The van der Waals surface area contributed by atoms with Crippen LogP contribution in [0.15, 0.2) is 288 Å². The molecule has 0 fully saturated rings. The minimum absolute atomic E-state index is 0.0448. The maximum Gasteiger partial charge on any atom is 0.235 e. The first-order valence-electron chi connectivity index (χ1n) is 32.2. The number of halogens is 1. The molecule has 0 atom stereocenters. The SMILES string of the molecule is CC1(C)c2ccccc2-c2oc3c(ccc4c5ccccc5[nH]c43)c21.CC1(C)c2ccccc2-c2oc3c(ccc4c5ccccc5n(-c5nc(-c6ccccc6)c6cc(-c7ccccc7)ccc6n5)c43)c21.Clc1nc(-c2ccccc2)c2cc(-c3ccccc3)ccc2n1. The molecule has 8 nitrogen and oxygen atoms in total. The lowest BCUT2D eigenvalue weighted by atomic mass is 9.81. The van der Waals surface area contributed by atoms with Crippen LogP contribution in [0.25, 0.3) is 161 Å². The first kappa shape index (κ1) is 56.1. The molecule has 0 bridgehead atoms. The Morgan fingerprint density at radius 2 is 0.811 bits per heavy atom. The van der Waals surface area contributed by atoms with Gasteiger partial charge in [-0.25, -0.2) is 19.9 Å². The van der Waals surface area contributed by atoms with Crippen molar-refractivity contribution in [2.75, 3.05) is 0 Å². The van der Waals surface area contributed by atoms with E-state index >= 15 is 0 Å². The highest BCUT2D eigenvalue weighted by molar-refractivity contribution is 6.29. The van der Waals surface area contributed by atoms with Crippen molar-refractivity contribution in [2.45, 2.75) is 38.5 Å². The summed E-state index contributed by atoms with van der Waals surface area (Å²) in [6.45, 7) is 9.19. The van der Waals surface area contributed by atoms with E-state index in [4.69, 9.17) is 30.4 Å². The minimum atomic E-state index is -0.182. The smallest absolute Gasteiger partial charge is 0.235 e. The molecule has 9 heteroatoms. The predicted molar refractivity (Wildman–Crippen MR) is 391 cm³/mol. The number of aromatic amines is 1. The third kappa shape index (κ3) is 8.89. The maximum absolute atomic E-state index is 6.97. The van der Waals surface area contributed by atoms with Crippen LogP contribution in [-0.2, 0) is 10.8 Å². The van der Waals surface area contributed by atoms with Crippen LogP contribution >= 0.6 is 11.6 Å². The van der Waals surface area contributed by atoms with Gasteiger partial charge in [0.15, 0.2) is 11.2 Å². The topological polar surface area (TPSA) is 98.6 Å². The van der Waals surface area contributed by atoms with Crippen LogP contribution in [-0.4, -0.2) is 29.5 Å². The lowest BCUT2D eigenvalue weighted by Crippen LogP contribution is -2.14. The van der Waals surface area contributed by atoms with Crippen LogP contribution in [0.4, 0.5) is 0 Å². The number of benzene rings is 12. The third-order valence-electron chi connectivity index (χ3n) is 19.6. The van der Waals surface area contributed by atoms with Gasteiger partial charge in [0.1, 0.15) is 17.0 Å². The number of nitrogens with one attached hydrogen (secondary N) is 1. The zero-order valence-corrected chi connectivity index (χ0v) is 53.2. The third-order valence-corrected chi connectivity index (χ3v) is 19.8. The molecule has 0 aliphatic heterocycles. The molecule has 6 aromatic heterocycles. The molecule has 12 aromatic carbocycles. The van der Waals surface area contributed by atoms with Gasteiger partial charge in [0.05, 0.1) is 33.5 Å². The van der Waals surface area contributed by atoms with Crippen molar-refractivity contribution >= 4 is 99.0 Å². The van der Waals surface area contributed by atoms with E-state index in [-0.39, 0.29) is 16.1 Å². The highest BCUT2D eigenvalue weighted by Crippen LogP contribution is 2.56. The van der Waals surface area contributed by atoms with Crippen molar-refractivity contribution in [3.05, 3.63) is 307 Å². The number of fused-ring (bicyclic) bond motifs is 20. The molecule has 452 valence electrons. The van der Waals surface area contributed by atoms with Crippen LogP contribution in [0.5, 0.6) is 0 Å². The fourth-order valence-electron chi connectivity index (χ4n) is 15.2. The molecule has 18 aromatic rings. The highest BCUT2D eigenvalue weighted by atomic mass is 35.5. The molecule has 2 aliphatic carbocycles. The number of rotatable bonds is 5. The summed E-state index contributed by atoms with van der Waals surface area (Å²) in [5.74, 6) is 2.61. The fourth-order valence-corrected chi connectivity index (χ4v) is 15.4. The monoisotopic (exact) mass is 1240 g/mol. The summed E-state index contributed by atoms with van der Waals surface area (Å²) in [6.07, 6.45) is 0. The lowest BCUT2D eigenvalue weighted by Gasteiger charge is -2.20. The van der Waals surface area contributed by atoms with E-state index in [1.807, 2.05) is 66.7 Å². The lowest BCUT2D eigenvalue weighted by molar-refractivity contribution is 0.620. The molecule has 1 N–H and O–H groups in total. The van der Waals surface area contributed by atoms with Crippen LogP contribution < -0.4 is 0 Å². The number of aromatic nitrogens is 6. The second-order valence-electron chi connectivity index (χ2n) is 25.8. The van der Waals surface area contributed by atoms with E-state index < -0.39 is 0 Å². The van der Waals surface area contributed by atoms with Gasteiger partial charge in [0.25, 0.3) is 0 Å². The van der Waals surface area contributed by atoms with Gasteiger partial charge in [-0.15, -0.1) is 0 Å². The summed E-state index contributed by atoms with van der Waals surface area (Å²) in [6, 6.07) is 97.1. The van der Waals surface area contributed by atoms with Crippen molar-refractivity contribution in [1.82, 2.24) is 29.5 Å². The summed E-state index contributed by atoms with van der Waals surface area (Å²) < 4.78 is 15.7. The maximum atomic E-state index is 6.97. The second kappa shape index (κ2) is 21.7. The van der Waals surface area contributed by atoms with Crippen molar-refractivity contribution in [3.8, 4) is 73.4 Å². The molecule has 6 heterocycles. The Kier molecular flexibility index (Phi) is 12.8. The molecule has 0 unspecified atom stereocenters. The molecular weight excluding hydrogens is 1180 g/mol. The Morgan fingerprint density at radius 1 is 0.358 bits per heavy atom. The standard InChI is InChI=1S/C43H29N3O.C23H17NO.C20H13ClN2/c1-43(2)34-19-11-9-18-31(34)40-37(43)32-23-22-30-29-17-10-12-20-36(29)46(39(30)41(32)47-40)42-44-35-24-21-28(26-13-5-3-6-14-26)25-33(35)38(45-42)27-15-7-4-8-16-27;1-23(2)17-9-5-3-8-15(17)21-19(23)16-12-11-14-13-7-4-6-10-18(13)24-20(14)22(16)25-21;21-20-22-18-12-11-16(14-7-3-1-4-8-14)13-17(18)19(23-20)15-9-5-2-6-10-15/h3-25H,1-2H3;3-12,24H,1-2H3;1-13H. The molecule has 0 amide bonds. The summed E-state index contributed by atoms with van der Waals surface area (Å²) in [5.41, 5.74) is 23.7. The van der Waals surface area contributed by atoms with E-state index in [1.165, 1.54) is 55.1 Å². The van der Waals surface area contributed by atoms with Crippen molar-refractivity contribution in [1.29, 1.82) is 0 Å². The Balaban J connectivity index is 0.000000115. The Labute approximate surface area is 552 Å². The molecule has 0 saturated carbocycles. The van der Waals surface area contributed by atoms with Gasteiger partial charge >= 0.3 is 0 Å². The predicted octanol–water partition coefficient (Wildman–Crippen LogP) is 23.1. The number of furan rings is 2. The summed E-state index contributed by atoms with van der Waals surface area (Å²) >= 11 is 6.11. The Hall–Kier alpha value is -11.7. The number of H-pyrrole nitrogens is 1. The van der Waals surface area contributed by atoms with Crippen LogP contribution in [0.3, 0.4) is 0 Å². The van der Waals surface area contributed by atoms with Crippen LogP contribution in [0.1, 0.15) is 49.9 Å². The highest BCUT2D eigenvalue weighted by Gasteiger charge is 2.42. The molecule has 0 radical (unpaired) electrons. The molecule has 20 rings (SSSR count). The van der Waals surface area contributed by atoms with Crippen molar-refractivity contribution in [2.24, 2.45) is 0 Å². The molecule has 0 saturated heterocycles. The van der Waals surface area contributed by atoms with Gasteiger partial charge in [-0.2, -0.15) is 0 Å². The zero-order chi connectivity index (χ0) is 63.7. The summed E-state index contributed by atoms with van der Waals surface area (Å²) in [7, 11) is 0. The minimum Gasteiger partial charge on any atom is -0.454 e. The number of hydrogen-bond acceptors (Lipinski definition) is 6. The van der Waals surface area contributed by atoms with Crippen molar-refractivity contribution < 1.29 is 8.83 Å². The van der Waals surface area contributed by atoms with E-state index in [9.17, 15) is 0 Å². The molecule has 2 aliphatic rings. The van der Waals surface area contributed by atoms with Gasteiger partial charge in [0, 0.05) is 92.8 Å². The molecule has 0 spiro atoms. The molecular formula is C86H59ClN6O2. The van der Waals surface area contributed by atoms with E-state index in [0.29, 0.717) is 5.95 Å². The second-order valence-corrected chi connectivity index (χ2v) is 26.2. The summed E-state index contributed by atoms with van der Waals surface area (Å²) in [5, 5.41) is 9.37. The van der Waals surface area contributed by atoms with Gasteiger partial charge in [-0.3, -0.25) is 4.57 Å². The first-order valence-corrected chi connectivity index (χ1v) is 32.6. The fraction of sp³-hybridized carbons (Fsp3) is 0.0698. The largest absolute Gasteiger partial charge is 0.454 e. The van der Waals surface area contributed by atoms with Crippen molar-refractivity contribution in [3.63, 3.8) is 0 Å². The average molecular weight is 1240 g/mol. The van der Waals surface area contributed by atoms with Gasteiger partial charge in [-0.05, 0) is 81.4 Å². The normalized spacial score (nSPS) is 13.3. The average Bonchev–Trinajstić information content (AvgIpc) is 1.55. The Bertz CT molecular complexity index is 6100. The van der Waals surface area contributed by atoms with Crippen LogP contribution in [0, 0.1) is 0 Å². The van der Waals surface area contributed by atoms with E-state index in [2.05, 4.69) is 260 Å². The van der Waals surface area contributed by atoms with Crippen LogP contribution in [0.2, 0.25) is 5.28 Å². The van der Waals surface area contributed by atoms with E-state index in [1.54, 1.807) is 0 Å². The Morgan fingerprint density at radius 3 is 1.40 bits per heavy atom. The number of nitrogens with zero attached hydrogens (tertiary/aromatic N) is 5. The van der Waals surface area contributed by atoms with Gasteiger partial charge in [0.2, 0.25) is 11.2 Å². The summed E-state index contributed by atoms with van der Waals surface area (Å²) in [4.78, 5) is 23.1.